The summed E-state index contributed by atoms with van der Waals surface area (Å²) < 4.78 is 5.07. The Hall–Kier alpha value is -1.10. The number of hydrogen-bond donors (Lipinski definition) is 1. The number of hydrogen-bond acceptors (Lipinski definition) is 5. The molecule has 2 saturated heterocycles. The summed E-state index contributed by atoms with van der Waals surface area (Å²) in [6.07, 6.45) is 2.47. The van der Waals surface area contributed by atoms with Gasteiger partial charge in [-0.2, -0.15) is 4.98 Å². The van der Waals surface area contributed by atoms with Crippen LogP contribution in [0, 0.1) is 5.92 Å². The maximum absolute atomic E-state index is 5.41. The van der Waals surface area contributed by atoms with Gasteiger partial charge in [0.15, 0.2) is 0 Å². The van der Waals surface area contributed by atoms with Gasteiger partial charge >= 0.3 is 0 Å². The molecular weight excluding hydrogens is 168 g/mol. The second kappa shape index (κ2) is 2.45. The fourth-order valence-corrected chi connectivity index (χ4v) is 2.44. The average molecular weight is 180 g/mol. The van der Waals surface area contributed by atoms with E-state index in [0.717, 1.165) is 18.9 Å². The van der Waals surface area contributed by atoms with Crippen molar-refractivity contribution in [2.75, 3.05) is 18.8 Å². The Morgan fingerprint density at radius 1 is 1.54 bits per heavy atom. The smallest absolute Gasteiger partial charge is 0.260 e. The number of piperidine rings is 1. The molecule has 1 aromatic rings. The van der Waals surface area contributed by atoms with E-state index in [9.17, 15) is 0 Å². The van der Waals surface area contributed by atoms with E-state index in [1.165, 1.54) is 13.0 Å². The van der Waals surface area contributed by atoms with Crippen LogP contribution in [0.25, 0.3) is 0 Å². The highest BCUT2D eigenvalue weighted by Crippen LogP contribution is 2.41. The predicted molar refractivity (Wildman–Crippen MR) is 45.7 cm³/mol. The van der Waals surface area contributed by atoms with E-state index in [-0.39, 0.29) is 5.95 Å². The summed E-state index contributed by atoms with van der Waals surface area (Å²) >= 11 is 0. The van der Waals surface area contributed by atoms with Crippen LogP contribution in [-0.2, 0) is 0 Å². The topological polar surface area (TPSA) is 68.2 Å². The first-order chi connectivity index (χ1) is 6.33. The number of anilines is 1. The van der Waals surface area contributed by atoms with Gasteiger partial charge in [-0.15, -0.1) is 0 Å². The van der Waals surface area contributed by atoms with Crippen LogP contribution in [0.4, 0.5) is 5.95 Å². The summed E-state index contributed by atoms with van der Waals surface area (Å²) in [5.74, 6) is 1.77. The minimum absolute atomic E-state index is 0.249. The van der Waals surface area contributed by atoms with Gasteiger partial charge in [0.25, 0.3) is 5.95 Å². The second-order valence-corrected chi connectivity index (χ2v) is 3.89. The van der Waals surface area contributed by atoms with E-state index < -0.39 is 0 Å². The number of aromatic nitrogens is 2. The molecule has 3 heterocycles. The maximum atomic E-state index is 5.41. The zero-order chi connectivity index (χ0) is 8.84. The molecule has 1 aromatic heterocycles. The van der Waals surface area contributed by atoms with E-state index in [2.05, 4.69) is 15.0 Å². The third-order valence-electron chi connectivity index (χ3n) is 3.06. The van der Waals surface area contributed by atoms with Gasteiger partial charge in [0, 0.05) is 6.54 Å². The van der Waals surface area contributed by atoms with Crippen LogP contribution in [-0.4, -0.2) is 28.1 Å². The molecule has 13 heavy (non-hydrogen) atoms. The number of fused-ring (bicyclic) bond motifs is 2. The van der Waals surface area contributed by atoms with Crippen molar-refractivity contribution in [3.8, 4) is 0 Å². The summed E-state index contributed by atoms with van der Waals surface area (Å²) in [7, 11) is 0. The lowest BCUT2D eigenvalue weighted by Gasteiger charge is -2.20. The summed E-state index contributed by atoms with van der Waals surface area (Å²) in [5.41, 5.74) is 5.41. The Labute approximate surface area is 75.9 Å². The lowest BCUT2D eigenvalue weighted by Crippen LogP contribution is -2.22. The third kappa shape index (κ3) is 1.03. The number of nitrogen functional groups attached to an aromatic ring is 1. The third-order valence-corrected chi connectivity index (χ3v) is 3.06. The van der Waals surface area contributed by atoms with Gasteiger partial charge in [0.05, 0.1) is 6.04 Å². The molecule has 70 valence electrons. The summed E-state index contributed by atoms with van der Waals surface area (Å²) in [6.45, 7) is 2.35. The molecule has 0 aliphatic carbocycles. The van der Waals surface area contributed by atoms with Gasteiger partial charge in [-0.3, -0.25) is 4.90 Å². The van der Waals surface area contributed by atoms with Gasteiger partial charge in [-0.25, -0.2) is 0 Å². The molecule has 3 unspecified atom stereocenters. The fourth-order valence-electron chi connectivity index (χ4n) is 2.44. The molecular formula is C8H12N4O. The quantitative estimate of drug-likeness (QED) is 0.678. The fraction of sp³-hybridized carbons (Fsp3) is 0.750. The van der Waals surface area contributed by atoms with Gasteiger partial charge in [0.1, 0.15) is 0 Å². The molecule has 3 rings (SSSR count). The lowest BCUT2D eigenvalue weighted by atomic mass is 10.0. The SMILES string of the molecule is Nc1noc(C2CC3CCN2C3)n1. The van der Waals surface area contributed by atoms with Crippen LogP contribution in [0.15, 0.2) is 4.52 Å². The van der Waals surface area contributed by atoms with Crippen molar-refractivity contribution in [1.29, 1.82) is 0 Å². The summed E-state index contributed by atoms with van der Waals surface area (Å²) in [5, 5.41) is 3.61. The zero-order valence-electron chi connectivity index (χ0n) is 7.31. The average Bonchev–Trinajstić information content (AvgIpc) is 2.77. The van der Waals surface area contributed by atoms with Crippen LogP contribution in [0.3, 0.4) is 0 Å². The van der Waals surface area contributed by atoms with E-state index in [1.807, 2.05) is 0 Å². The standard InChI is InChI=1S/C8H12N4O/c9-8-10-7(13-11-8)6-3-5-1-2-12(6)4-5/h5-6H,1-4H2,(H2,9,11). The Bertz CT molecular complexity index is 324. The Balaban J connectivity index is 1.87. The maximum Gasteiger partial charge on any atom is 0.260 e. The highest BCUT2D eigenvalue weighted by Gasteiger charge is 2.40. The van der Waals surface area contributed by atoms with Crippen molar-refractivity contribution in [2.45, 2.75) is 18.9 Å². The van der Waals surface area contributed by atoms with Crippen LogP contribution in [0.2, 0.25) is 0 Å². The van der Waals surface area contributed by atoms with Crippen LogP contribution >= 0.6 is 0 Å². The van der Waals surface area contributed by atoms with Crippen LogP contribution in [0.5, 0.6) is 0 Å². The molecule has 2 bridgehead atoms. The minimum Gasteiger partial charge on any atom is -0.365 e. The zero-order valence-corrected chi connectivity index (χ0v) is 7.31. The van der Waals surface area contributed by atoms with Gasteiger partial charge in [0.2, 0.25) is 5.89 Å². The Morgan fingerprint density at radius 3 is 3.00 bits per heavy atom. The largest absolute Gasteiger partial charge is 0.365 e. The first-order valence-corrected chi connectivity index (χ1v) is 4.66. The van der Waals surface area contributed by atoms with E-state index in [1.54, 1.807) is 0 Å². The van der Waals surface area contributed by atoms with Crippen molar-refractivity contribution in [3.63, 3.8) is 0 Å². The molecule has 5 nitrogen and oxygen atoms in total. The van der Waals surface area contributed by atoms with Gasteiger partial charge in [-0.05, 0) is 30.5 Å². The molecule has 0 radical (unpaired) electrons. The number of rotatable bonds is 1. The summed E-state index contributed by atoms with van der Waals surface area (Å²) in [6, 6.07) is 0.337. The first-order valence-electron chi connectivity index (χ1n) is 4.66. The molecule has 2 aliphatic heterocycles. The van der Waals surface area contributed by atoms with Crippen molar-refractivity contribution < 1.29 is 4.52 Å². The molecule has 2 N–H and O–H groups in total. The summed E-state index contributed by atoms with van der Waals surface area (Å²) in [4.78, 5) is 6.47. The van der Waals surface area contributed by atoms with E-state index in [4.69, 9.17) is 10.3 Å². The highest BCUT2D eigenvalue weighted by atomic mass is 16.5. The Morgan fingerprint density at radius 2 is 2.46 bits per heavy atom. The van der Waals surface area contributed by atoms with Gasteiger partial charge in [-0.1, -0.05) is 0 Å². The van der Waals surface area contributed by atoms with Gasteiger partial charge < -0.3 is 10.3 Å². The first kappa shape index (κ1) is 7.32. The molecule has 2 fully saturated rings. The van der Waals surface area contributed by atoms with Crippen molar-refractivity contribution in [1.82, 2.24) is 15.0 Å². The van der Waals surface area contributed by atoms with Crippen molar-refractivity contribution >= 4 is 5.95 Å². The minimum atomic E-state index is 0.249. The van der Waals surface area contributed by atoms with Crippen LogP contribution in [0.1, 0.15) is 24.8 Å². The van der Waals surface area contributed by atoms with E-state index >= 15 is 0 Å². The molecule has 5 heteroatoms. The Kier molecular flexibility index (Phi) is 1.38. The molecule has 0 spiro atoms. The molecule has 0 saturated carbocycles. The van der Waals surface area contributed by atoms with Crippen LogP contribution < -0.4 is 5.73 Å². The monoisotopic (exact) mass is 180 g/mol. The second-order valence-electron chi connectivity index (χ2n) is 3.89. The number of nitrogens with two attached hydrogens (primary N) is 1. The molecule has 3 atom stereocenters. The lowest BCUT2D eigenvalue weighted by molar-refractivity contribution is 0.209. The molecule has 2 aliphatic rings. The molecule has 0 amide bonds. The van der Waals surface area contributed by atoms with Crippen molar-refractivity contribution in [2.24, 2.45) is 5.92 Å². The highest BCUT2D eigenvalue weighted by molar-refractivity contribution is 5.13. The number of nitrogens with zero attached hydrogens (tertiary/aromatic N) is 3. The molecule has 0 aromatic carbocycles. The normalized spacial score (nSPS) is 37.1. The van der Waals surface area contributed by atoms with Crippen molar-refractivity contribution in [3.05, 3.63) is 5.89 Å². The van der Waals surface area contributed by atoms with E-state index in [0.29, 0.717) is 11.9 Å². The predicted octanol–water partition coefficient (Wildman–Crippen LogP) is 0.418.